The maximum Gasteiger partial charge on any atom is 0.133 e. The Labute approximate surface area is 124 Å². The van der Waals surface area contributed by atoms with E-state index in [1.54, 1.807) is 6.07 Å². The normalized spacial score (nSPS) is 14.6. The van der Waals surface area contributed by atoms with Gasteiger partial charge < -0.3 is 4.74 Å². The van der Waals surface area contributed by atoms with Crippen molar-refractivity contribution in [3.63, 3.8) is 0 Å². The lowest BCUT2D eigenvalue weighted by Gasteiger charge is -2.09. The minimum absolute atomic E-state index is 0.248. The molecule has 0 N–H and O–H groups in total. The van der Waals surface area contributed by atoms with Crippen LogP contribution in [0.15, 0.2) is 30.3 Å². The summed E-state index contributed by atoms with van der Waals surface area (Å²) in [7, 11) is 0. The number of rotatable bonds is 4. The molecule has 0 amide bonds. The maximum atomic E-state index is 6.10. The van der Waals surface area contributed by atoms with Crippen LogP contribution in [-0.4, -0.2) is 16.1 Å². The molecule has 2 aromatic rings. The molecule has 0 unspecified atom stereocenters. The highest BCUT2D eigenvalue weighted by molar-refractivity contribution is 6.29. The Morgan fingerprint density at radius 1 is 1.20 bits per heavy atom. The van der Waals surface area contributed by atoms with Crippen LogP contribution in [0.25, 0.3) is 11.3 Å². The third-order valence-corrected chi connectivity index (χ3v) is 3.38. The summed E-state index contributed by atoms with van der Waals surface area (Å²) in [4.78, 5) is 8.85. The van der Waals surface area contributed by atoms with Crippen LogP contribution in [0.1, 0.15) is 38.4 Å². The molecule has 1 aliphatic rings. The van der Waals surface area contributed by atoms with Gasteiger partial charge in [-0.05, 0) is 25.0 Å². The van der Waals surface area contributed by atoms with Crippen molar-refractivity contribution < 1.29 is 4.74 Å². The van der Waals surface area contributed by atoms with Gasteiger partial charge >= 0.3 is 0 Å². The quantitative estimate of drug-likeness (QED) is 0.779. The highest BCUT2D eigenvalue weighted by Crippen LogP contribution is 2.30. The predicted molar refractivity (Wildman–Crippen MR) is 80.2 cm³/mol. The van der Waals surface area contributed by atoms with Crippen LogP contribution in [0.3, 0.4) is 0 Å². The van der Waals surface area contributed by atoms with Crippen molar-refractivity contribution in [3.05, 3.63) is 41.3 Å². The van der Waals surface area contributed by atoms with E-state index < -0.39 is 0 Å². The van der Waals surface area contributed by atoms with Crippen LogP contribution in [0.5, 0.6) is 5.75 Å². The molecule has 3 nitrogen and oxygen atoms in total. The summed E-state index contributed by atoms with van der Waals surface area (Å²) >= 11 is 6.10. The topological polar surface area (TPSA) is 35.0 Å². The average molecular weight is 289 g/mol. The maximum absolute atomic E-state index is 6.10. The summed E-state index contributed by atoms with van der Waals surface area (Å²) in [6, 6.07) is 9.79. The third-order valence-electron chi connectivity index (χ3n) is 3.19. The molecule has 0 bridgehead atoms. The standard InChI is InChI=1S/C16H17ClN2O/c1-10(2)16-18-14(9-15(17)19-16)11-4-3-5-13(8-11)20-12-6-7-12/h3-5,8-10,12H,6-7H2,1-2H3. The van der Waals surface area contributed by atoms with Crippen LogP contribution in [0.4, 0.5) is 0 Å². The van der Waals surface area contributed by atoms with E-state index in [-0.39, 0.29) is 5.92 Å². The van der Waals surface area contributed by atoms with E-state index in [9.17, 15) is 0 Å². The molecule has 1 aromatic heterocycles. The Morgan fingerprint density at radius 2 is 2.00 bits per heavy atom. The van der Waals surface area contributed by atoms with E-state index >= 15 is 0 Å². The van der Waals surface area contributed by atoms with E-state index in [1.807, 2.05) is 24.3 Å². The number of hydrogen-bond acceptors (Lipinski definition) is 3. The molecule has 104 valence electrons. The molecule has 0 aliphatic heterocycles. The zero-order valence-electron chi connectivity index (χ0n) is 11.6. The number of ether oxygens (including phenoxy) is 1. The molecule has 1 heterocycles. The smallest absolute Gasteiger partial charge is 0.133 e. The second kappa shape index (κ2) is 5.41. The fourth-order valence-corrected chi connectivity index (χ4v) is 2.14. The molecule has 0 spiro atoms. The number of benzene rings is 1. The van der Waals surface area contributed by atoms with E-state index in [4.69, 9.17) is 16.3 Å². The first-order valence-electron chi connectivity index (χ1n) is 6.93. The monoisotopic (exact) mass is 288 g/mol. The van der Waals surface area contributed by atoms with Crippen LogP contribution >= 0.6 is 11.6 Å². The van der Waals surface area contributed by atoms with Gasteiger partial charge in [0.05, 0.1) is 11.8 Å². The lowest BCUT2D eigenvalue weighted by molar-refractivity contribution is 0.303. The van der Waals surface area contributed by atoms with Gasteiger partial charge in [0.2, 0.25) is 0 Å². The van der Waals surface area contributed by atoms with E-state index in [1.165, 1.54) is 0 Å². The minimum Gasteiger partial charge on any atom is -0.490 e. The molecule has 4 heteroatoms. The first-order valence-corrected chi connectivity index (χ1v) is 7.31. The van der Waals surface area contributed by atoms with Crippen molar-refractivity contribution in [2.75, 3.05) is 0 Å². The molecule has 0 radical (unpaired) electrons. The number of hydrogen-bond donors (Lipinski definition) is 0. The number of halogens is 1. The summed E-state index contributed by atoms with van der Waals surface area (Å²) in [5.74, 6) is 1.91. The molecular formula is C16H17ClN2O. The lowest BCUT2D eigenvalue weighted by Crippen LogP contribution is -2.00. The third kappa shape index (κ3) is 3.10. The molecule has 1 aliphatic carbocycles. The first-order chi connectivity index (χ1) is 9.61. The van der Waals surface area contributed by atoms with Gasteiger partial charge in [-0.3, -0.25) is 0 Å². The molecule has 0 saturated heterocycles. The van der Waals surface area contributed by atoms with E-state index in [2.05, 4.69) is 23.8 Å². The molecule has 1 saturated carbocycles. The van der Waals surface area contributed by atoms with Crippen molar-refractivity contribution in [1.82, 2.24) is 9.97 Å². The molecular weight excluding hydrogens is 272 g/mol. The molecule has 20 heavy (non-hydrogen) atoms. The summed E-state index contributed by atoms with van der Waals surface area (Å²) < 4.78 is 5.82. The zero-order chi connectivity index (χ0) is 14.1. The van der Waals surface area contributed by atoms with Crippen molar-refractivity contribution >= 4 is 11.6 Å². The second-order valence-electron chi connectivity index (χ2n) is 5.43. The van der Waals surface area contributed by atoms with Crippen molar-refractivity contribution in [2.24, 2.45) is 0 Å². The number of nitrogens with zero attached hydrogens (tertiary/aromatic N) is 2. The summed E-state index contributed by atoms with van der Waals surface area (Å²) in [5, 5.41) is 0.479. The van der Waals surface area contributed by atoms with Gasteiger partial charge in [0.1, 0.15) is 16.7 Å². The Morgan fingerprint density at radius 3 is 2.70 bits per heavy atom. The average Bonchev–Trinajstić information content (AvgIpc) is 3.22. The summed E-state index contributed by atoms with van der Waals surface area (Å²) in [6.45, 7) is 4.12. The largest absolute Gasteiger partial charge is 0.490 e. The van der Waals surface area contributed by atoms with Crippen molar-refractivity contribution in [2.45, 2.75) is 38.7 Å². The van der Waals surface area contributed by atoms with Crippen LogP contribution in [0, 0.1) is 0 Å². The van der Waals surface area contributed by atoms with Gasteiger partial charge in [0.25, 0.3) is 0 Å². The SMILES string of the molecule is CC(C)c1nc(Cl)cc(-c2cccc(OC3CC3)c2)n1. The van der Waals surface area contributed by atoms with Gasteiger partial charge in [-0.25, -0.2) is 9.97 Å². The van der Waals surface area contributed by atoms with E-state index in [0.29, 0.717) is 11.3 Å². The summed E-state index contributed by atoms with van der Waals surface area (Å²) in [6.07, 6.45) is 2.70. The highest BCUT2D eigenvalue weighted by atomic mass is 35.5. The highest BCUT2D eigenvalue weighted by Gasteiger charge is 2.23. The van der Waals surface area contributed by atoms with Gasteiger partial charge in [-0.15, -0.1) is 0 Å². The first kappa shape index (κ1) is 13.4. The van der Waals surface area contributed by atoms with Crippen LogP contribution in [-0.2, 0) is 0 Å². The lowest BCUT2D eigenvalue weighted by atomic mass is 10.1. The number of aromatic nitrogens is 2. The fourth-order valence-electron chi connectivity index (χ4n) is 1.95. The van der Waals surface area contributed by atoms with Gasteiger partial charge in [0, 0.05) is 17.5 Å². The van der Waals surface area contributed by atoms with Crippen LogP contribution in [0.2, 0.25) is 5.15 Å². The Kier molecular flexibility index (Phi) is 3.62. The Hall–Kier alpha value is -1.61. The molecule has 3 rings (SSSR count). The molecule has 1 fully saturated rings. The second-order valence-corrected chi connectivity index (χ2v) is 5.82. The van der Waals surface area contributed by atoms with Crippen LogP contribution < -0.4 is 4.74 Å². The van der Waals surface area contributed by atoms with Gasteiger partial charge in [-0.1, -0.05) is 37.6 Å². The predicted octanol–water partition coefficient (Wildman–Crippen LogP) is 4.46. The Bertz CT molecular complexity index is 624. The van der Waals surface area contributed by atoms with Gasteiger partial charge in [-0.2, -0.15) is 0 Å². The minimum atomic E-state index is 0.248. The van der Waals surface area contributed by atoms with E-state index in [0.717, 1.165) is 35.7 Å². The molecule has 0 atom stereocenters. The molecule has 1 aromatic carbocycles. The fraction of sp³-hybridized carbons (Fsp3) is 0.375. The van der Waals surface area contributed by atoms with Crippen molar-refractivity contribution in [3.8, 4) is 17.0 Å². The summed E-state index contributed by atoms with van der Waals surface area (Å²) in [5.41, 5.74) is 1.85. The Balaban J connectivity index is 1.94. The van der Waals surface area contributed by atoms with Crippen molar-refractivity contribution in [1.29, 1.82) is 0 Å². The van der Waals surface area contributed by atoms with Gasteiger partial charge in [0.15, 0.2) is 0 Å². The zero-order valence-corrected chi connectivity index (χ0v) is 12.4.